The summed E-state index contributed by atoms with van der Waals surface area (Å²) in [6.45, 7) is 2.60. The van der Waals surface area contributed by atoms with Gasteiger partial charge in [-0.15, -0.1) is 0 Å². The fourth-order valence-electron chi connectivity index (χ4n) is 1.46. The van der Waals surface area contributed by atoms with E-state index in [9.17, 15) is 14.3 Å². The first-order valence-corrected chi connectivity index (χ1v) is 6.45. The van der Waals surface area contributed by atoms with Gasteiger partial charge in [-0.3, -0.25) is 4.79 Å². The zero-order chi connectivity index (χ0) is 14.1. The number of ether oxygens (including phenoxy) is 1. The van der Waals surface area contributed by atoms with Crippen molar-refractivity contribution >= 4 is 5.91 Å². The summed E-state index contributed by atoms with van der Waals surface area (Å²) >= 11 is 0. The molecule has 1 rings (SSSR count). The Morgan fingerprint density at radius 1 is 1.42 bits per heavy atom. The summed E-state index contributed by atoms with van der Waals surface area (Å²) in [5.74, 6) is 0.0978. The van der Waals surface area contributed by atoms with Crippen LogP contribution in [0, 0.1) is 5.82 Å². The molecular formula is C14H20FNO3. The number of halogens is 1. The van der Waals surface area contributed by atoms with Crippen LogP contribution in [0.25, 0.3) is 0 Å². The van der Waals surface area contributed by atoms with E-state index in [1.54, 1.807) is 0 Å². The highest BCUT2D eigenvalue weighted by molar-refractivity contribution is 5.75. The third-order valence-electron chi connectivity index (χ3n) is 2.68. The predicted octanol–water partition coefficient (Wildman–Crippen LogP) is 1.87. The highest BCUT2D eigenvalue weighted by atomic mass is 19.1. The van der Waals surface area contributed by atoms with Gasteiger partial charge in [0, 0.05) is 6.54 Å². The molecule has 1 aromatic carbocycles. The summed E-state index contributed by atoms with van der Waals surface area (Å²) < 4.78 is 17.9. The normalized spacial score (nSPS) is 11.9. The van der Waals surface area contributed by atoms with Gasteiger partial charge in [-0.1, -0.05) is 6.92 Å². The van der Waals surface area contributed by atoms with Crippen LogP contribution in [0.2, 0.25) is 0 Å². The molecule has 106 valence electrons. The Hall–Kier alpha value is -1.62. The van der Waals surface area contributed by atoms with Gasteiger partial charge in [-0.2, -0.15) is 0 Å². The van der Waals surface area contributed by atoms with E-state index in [4.69, 9.17) is 4.74 Å². The Labute approximate surface area is 112 Å². The van der Waals surface area contributed by atoms with Gasteiger partial charge >= 0.3 is 0 Å². The number of amides is 1. The number of aliphatic hydroxyl groups excluding tert-OH is 1. The number of aliphatic hydroxyl groups is 1. The lowest BCUT2D eigenvalue weighted by Crippen LogP contribution is -2.28. The molecule has 0 spiro atoms. The zero-order valence-corrected chi connectivity index (χ0v) is 11.1. The first kappa shape index (κ1) is 15.4. The van der Waals surface area contributed by atoms with Crippen LogP contribution in [-0.2, 0) is 4.79 Å². The van der Waals surface area contributed by atoms with Crippen molar-refractivity contribution in [3.8, 4) is 5.75 Å². The maximum absolute atomic E-state index is 12.6. The molecule has 0 aliphatic heterocycles. The smallest absolute Gasteiger partial charge is 0.223 e. The summed E-state index contributed by atoms with van der Waals surface area (Å²) in [6, 6.07) is 5.65. The van der Waals surface area contributed by atoms with E-state index < -0.39 is 0 Å². The third-order valence-corrected chi connectivity index (χ3v) is 2.68. The lowest BCUT2D eigenvalue weighted by molar-refractivity contribution is -0.121. The van der Waals surface area contributed by atoms with Crippen LogP contribution in [0.3, 0.4) is 0 Å². The predicted molar refractivity (Wildman–Crippen MR) is 70.4 cm³/mol. The lowest BCUT2D eigenvalue weighted by atomic mass is 10.2. The van der Waals surface area contributed by atoms with E-state index >= 15 is 0 Å². The number of carbonyl (C=O) groups excluding carboxylic acids is 1. The van der Waals surface area contributed by atoms with Crippen LogP contribution < -0.4 is 10.1 Å². The van der Waals surface area contributed by atoms with Crippen molar-refractivity contribution in [2.75, 3.05) is 13.2 Å². The molecule has 0 aromatic heterocycles. The van der Waals surface area contributed by atoms with E-state index in [0.29, 0.717) is 25.1 Å². The molecule has 0 saturated carbocycles. The molecule has 1 aromatic rings. The van der Waals surface area contributed by atoms with Gasteiger partial charge in [0.2, 0.25) is 5.91 Å². The molecule has 5 heteroatoms. The fourth-order valence-corrected chi connectivity index (χ4v) is 1.46. The molecule has 0 radical (unpaired) electrons. The molecule has 0 aliphatic carbocycles. The van der Waals surface area contributed by atoms with E-state index in [-0.39, 0.29) is 30.9 Å². The average molecular weight is 269 g/mol. The van der Waals surface area contributed by atoms with Crippen molar-refractivity contribution in [1.29, 1.82) is 0 Å². The molecule has 0 fully saturated rings. The lowest BCUT2D eigenvalue weighted by Gasteiger charge is -2.09. The number of benzene rings is 1. The van der Waals surface area contributed by atoms with Crippen LogP contribution in [0.5, 0.6) is 5.75 Å². The topological polar surface area (TPSA) is 58.6 Å². The van der Waals surface area contributed by atoms with Crippen molar-refractivity contribution < 1.29 is 19.0 Å². The molecule has 1 atom stereocenters. The second-order valence-corrected chi connectivity index (χ2v) is 4.25. The fraction of sp³-hybridized carbons (Fsp3) is 0.500. The number of rotatable bonds is 8. The van der Waals surface area contributed by atoms with E-state index in [2.05, 4.69) is 5.32 Å². The Morgan fingerprint density at radius 3 is 2.74 bits per heavy atom. The highest BCUT2D eigenvalue weighted by Gasteiger charge is 2.04. The van der Waals surface area contributed by atoms with Crippen LogP contribution >= 0.6 is 0 Å². The van der Waals surface area contributed by atoms with Gasteiger partial charge in [0.05, 0.1) is 19.1 Å². The molecular weight excluding hydrogens is 249 g/mol. The van der Waals surface area contributed by atoms with E-state index in [1.807, 2.05) is 6.92 Å². The SMILES string of the molecule is CCC(O)CCNC(=O)CCOc1ccc(F)cc1. The van der Waals surface area contributed by atoms with Gasteiger partial charge in [-0.25, -0.2) is 4.39 Å². The highest BCUT2D eigenvalue weighted by Crippen LogP contribution is 2.11. The molecule has 1 unspecified atom stereocenters. The van der Waals surface area contributed by atoms with Crippen LogP contribution in [0.4, 0.5) is 4.39 Å². The molecule has 0 bridgehead atoms. The number of hydrogen-bond acceptors (Lipinski definition) is 3. The second-order valence-electron chi connectivity index (χ2n) is 4.25. The van der Waals surface area contributed by atoms with Gasteiger partial charge < -0.3 is 15.2 Å². The summed E-state index contributed by atoms with van der Waals surface area (Å²) in [4.78, 5) is 11.4. The molecule has 0 aliphatic rings. The van der Waals surface area contributed by atoms with Gasteiger partial charge in [-0.05, 0) is 37.1 Å². The monoisotopic (exact) mass is 269 g/mol. The Balaban J connectivity index is 2.11. The standard InChI is InChI=1S/C14H20FNO3/c1-2-12(17)7-9-16-14(18)8-10-19-13-5-3-11(15)4-6-13/h3-6,12,17H,2,7-10H2,1H3,(H,16,18). The largest absolute Gasteiger partial charge is 0.493 e. The van der Waals surface area contributed by atoms with Crippen molar-refractivity contribution in [2.24, 2.45) is 0 Å². The van der Waals surface area contributed by atoms with Crippen molar-refractivity contribution in [3.63, 3.8) is 0 Å². The van der Waals surface area contributed by atoms with Crippen LogP contribution in [0.15, 0.2) is 24.3 Å². The number of carbonyl (C=O) groups is 1. The first-order chi connectivity index (χ1) is 9.11. The Bertz CT molecular complexity index is 381. The zero-order valence-electron chi connectivity index (χ0n) is 11.1. The van der Waals surface area contributed by atoms with Crippen molar-refractivity contribution in [2.45, 2.75) is 32.3 Å². The molecule has 0 saturated heterocycles. The third kappa shape index (κ3) is 6.76. The van der Waals surface area contributed by atoms with E-state index in [1.165, 1.54) is 24.3 Å². The summed E-state index contributed by atoms with van der Waals surface area (Å²) in [5, 5.41) is 12.0. The maximum Gasteiger partial charge on any atom is 0.223 e. The molecule has 4 nitrogen and oxygen atoms in total. The molecule has 1 amide bonds. The number of hydrogen-bond donors (Lipinski definition) is 2. The van der Waals surface area contributed by atoms with Crippen LogP contribution in [-0.4, -0.2) is 30.3 Å². The van der Waals surface area contributed by atoms with E-state index in [0.717, 1.165) is 0 Å². The van der Waals surface area contributed by atoms with Gasteiger partial charge in [0.15, 0.2) is 0 Å². The van der Waals surface area contributed by atoms with Crippen molar-refractivity contribution in [3.05, 3.63) is 30.1 Å². The maximum atomic E-state index is 12.6. The van der Waals surface area contributed by atoms with Gasteiger partial charge in [0.1, 0.15) is 11.6 Å². The summed E-state index contributed by atoms with van der Waals surface area (Å²) in [5.41, 5.74) is 0. The minimum absolute atomic E-state index is 0.120. The molecule has 19 heavy (non-hydrogen) atoms. The minimum atomic E-state index is -0.365. The molecule has 2 N–H and O–H groups in total. The van der Waals surface area contributed by atoms with Crippen LogP contribution in [0.1, 0.15) is 26.2 Å². The first-order valence-electron chi connectivity index (χ1n) is 6.45. The Kier molecular flexibility index (Phi) is 6.89. The quantitative estimate of drug-likeness (QED) is 0.757. The minimum Gasteiger partial charge on any atom is -0.493 e. The average Bonchev–Trinajstić information content (AvgIpc) is 2.41. The van der Waals surface area contributed by atoms with Gasteiger partial charge in [0.25, 0.3) is 0 Å². The van der Waals surface area contributed by atoms with Crippen molar-refractivity contribution in [1.82, 2.24) is 5.32 Å². The number of nitrogens with one attached hydrogen (secondary N) is 1. The summed E-state index contributed by atoms with van der Waals surface area (Å²) in [7, 11) is 0. The summed E-state index contributed by atoms with van der Waals surface area (Å²) in [6.07, 6.45) is 1.11. The Morgan fingerprint density at radius 2 is 2.11 bits per heavy atom. The second kappa shape index (κ2) is 8.48. The molecule has 0 heterocycles.